The van der Waals surface area contributed by atoms with E-state index in [1.165, 1.54) is 18.4 Å². The molecule has 0 bridgehead atoms. The minimum atomic E-state index is -0.506. The highest BCUT2D eigenvalue weighted by Gasteiger charge is 2.41. The molecule has 5 nitrogen and oxygen atoms in total. The van der Waals surface area contributed by atoms with E-state index in [0.29, 0.717) is 32.0 Å². The molecule has 1 aliphatic heterocycles. The molecule has 1 aliphatic rings. The third-order valence-corrected chi connectivity index (χ3v) is 5.81. The lowest BCUT2D eigenvalue weighted by Gasteiger charge is -2.17. The van der Waals surface area contributed by atoms with Gasteiger partial charge in [-0.25, -0.2) is 4.90 Å². The summed E-state index contributed by atoms with van der Waals surface area (Å²) in [5.41, 5.74) is 1.21. The van der Waals surface area contributed by atoms with Crippen molar-refractivity contribution in [2.75, 3.05) is 17.3 Å². The van der Waals surface area contributed by atoms with Crippen LogP contribution in [0.4, 0.5) is 11.4 Å². The number of halogens is 2. The summed E-state index contributed by atoms with van der Waals surface area (Å²) in [6, 6.07) is 15.3. The quantitative estimate of drug-likeness (QED) is 0.530. The number of nitrogens with zero attached hydrogens (tertiary/aromatic N) is 1. The number of para-hydroxylation sites is 1. The SMILES string of the molecule is COc1ccc(Cl)cc1NC1=C(c2cccs2)C(=O)N(c2ccccc2Cl)C1=O. The zero-order valence-corrected chi connectivity index (χ0v) is 17.4. The van der Waals surface area contributed by atoms with E-state index in [2.05, 4.69) is 5.32 Å². The number of carbonyl (C=O) groups excluding carboxylic acids is 2. The first kappa shape index (κ1) is 19.5. The van der Waals surface area contributed by atoms with Gasteiger partial charge in [0, 0.05) is 9.90 Å². The van der Waals surface area contributed by atoms with Gasteiger partial charge in [0.25, 0.3) is 11.8 Å². The maximum absolute atomic E-state index is 13.3. The molecule has 0 saturated carbocycles. The van der Waals surface area contributed by atoms with Crippen molar-refractivity contribution in [2.45, 2.75) is 0 Å². The molecule has 0 spiro atoms. The standard InChI is InChI=1S/C21H14Cl2N2O3S/c1-28-16-9-8-12(22)11-14(16)24-19-18(17-7-4-10-29-17)20(26)25(21(19)27)15-6-3-2-5-13(15)23/h2-11,24H,1H3. The molecule has 3 aromatic rings. The van der Waals surface area contributed by atoms with E-state index in [0.717, 1.165) is 4.90 Å². The first-order valence-electron chi connectivity index (χ1n) is 8.53. The first-order valence-corrected chi connectivity index (χ1v) is 10.2. The number of nitrogens with one attached hydrogen (secondary N) is 1. The van der Waals surface area contributed by atoms with Gasteiger partial charge in [-0.2, -0.15) is 0 Å². The molecule has 1 aromatic heterocycles. The van der Waals surface area contributed by atoms with Crippen molar-refractivity contribution in [1.82, 2.24) is 0 Å². The van der Waals surface area contributed by atoms with Gasteiger partial charge in [-0.1, -0.05) is 41.4 Å². The molecule has 2 heterocycles. The highest BCUT2D eigenvalue weighted by atomic mass is 35.5. The van der Waals surface area contributed by atoms with Crippen LogP contribution in [0.3, 0.4) is 0 Å². The van der Waals surface area contributed by atoms with E-state index in [1.54, 1.807) is 48.5 Å². The molecule has 0 radical (unpaired) electrons. The number of ether oxygens (including phenoxy) is 1. The van der Waals surface area contributed by atoms with Gasteiger partial charge in [-0.15, -0.1) is 11.3 Å². The Bertz CT molecular complexity index is 1140. The van der Waals surface area contributed by atoms with Crippen molar-refractivity contribution in [3.63, 3.8) is 0 Å². The summed E-state index contributed by atoms with van der Waals surface area (Å²) in [5, 5.41) is 5.67. The Morgan fingerprint density at radius 3 is 2.48 bits per heavy atom. The van der Waals surface area contributed by atoms with E-state index in [1.807, 2.05) is 11.4 Å². The lowest BCUT2D eigenvalue weighted by molar-refractivity contribution is -0.120. The molecule has 0 unspecified atom stereocenters. The van der Waals surface area contributed by atoms with Crippen LogP contribution in [0.25, 0.3) is 5.57 Å². The van der Waals surface area contributed by atoms with E-state index < -0.39 is 11.8 Å². The van der Waals surface area contributed by atoms with Gasteiger partial charge in [-0.05, 0) is 41.8 Å². The summed E-state index contributed by atoms with van der Waals surface area (Å²) in [6.07, 6.45) is 0. The smallest absolute Gasteiger partial charge is 0.282 e. The second-order valence-electron chi connectivity index (χ2n) is 6.09. The Kier molecular flexibility index (Phi) is 5.32. The summed E-state index contributed by atoms with van der Waals surface area (Å²) in [5.74, 6) is -0.466. The predicted octanol–water partition coefficient (Wildman–Crippen LogP) is 5.46. The molecule has 2 amide bonds. The third-order valence-electron chi connectivity index (χ3n) is 4.37. The van der Waals surface area contributed by atoms with Crippen molar-refractivity contribution in [1.29, 1.82) is 0 Å². The predicted molar refractivity (Wildman–Crippen MR) is 117 cm³/mol. The van der Waals surface area contributed by atoms with Crippen LogP contribution in [0.1, 0.15) is 4.88 Å². The van der Waals surface area contributed by atoms with Crippen molar-refractivity contribution in [3.8, 4) is 5.75 Å². The largest absolute Gasteiger partial charge is 0.495 e. The average molecular weight is 445 g/mol. The summed E-state index contributed by atoms with van der Waals surface area (Å²) in [7, 11) is 1.51. The molecule has 0 aliphatic carbocycles. The second-order valence-corrected chi connectivity index (χ2v) is 7.89. The zero-order chi connectivity index (χ0) is 20.5. The summed E-state index contributed by atoms with van der Waals surface area (Å²) >= 11 is 13.7. The lowest BCUT2D eigenvalue weighted by atomic mass is 10.1. The zero-order valence-electron chi connectivity index (χ0n) is 15.1. The van der Waals surface area contributed by atoms with Crippen LogP contribution >= 0.6 is 34.5 Å². The molecule has 0 saturated heterocycles. The Morgan fingerprint density at radius 1 is 1.00 bits per heavy atom. The Labute approximate surface area is 181 Å². The van der Waals surface area contributed by atoms with Gasteiger partial charge >= 0.3 is 0 Å². The normalized spacial score (nSPS) is 14.0. The van der Waals surface area contributed by atoms with Crippen molar-refractivity contribution < 1.29 is 14.3 Å². The van der Waals surface area contributed by atoms with Crippen LogP contribution in [-0.4, -0.2) is 18.9 Å². The van der Waals surface area contributed by atoms with Crippen LogP contribution in [0, 0.1) is 0 Å². The maximum Gasteiger partial charge on any atom is 0.282 e. The van der Waals surface area contributed by atoms with Gasteiger partial charge < -0.3 is 10.1 Å². The maximum atomic E-state index is 13.3. The summed E-state index contributed by atoms with van der Waals surface area (Å²) in [6.45, 7) is 0. The average Bonchev–Trinajstić information content (AvgIpc) is 3.30. The molecule has 0 atom stereocenters. The number of carbonyl (C=O) groups is 2. The molecule has 2 aromatic carbocycles. The van der Waals surface area contributed by atoms with Crippen LogP contribution in [-0.2, 0) is 9.59 Å². The van der Waals surface area contributed by atoms with Crippen LogP contribution < -0.4 is 15.0 Å². The monoisotopic (exact) mass is 444 g/mol. The molecular weight excluding hydrogens is 431 g/mol. The summed E-state index contributed by atoms with van der Waals surface area (Å²) in [4.78, 5) is 28.4. The fourth-order valence-electron chi connectivity index (χ4n) is 3.06. The molecule has 146 valence electrons. The lowest BCUT2D eigenvalue weighted by Crippen LogP contribution is -2.32. The first-order chi connectivity index (χ1) is 14.0. The van der Waals surface area contributed by atoms with Crippen molar-refractivity contribution in [2.24, 2.45) is 0 Å². The Balaban J connectivity index is 1.85. The van der Waals surface area contributed by atoms with Crippen LogP contribution in [0.5, 0.6) is 5.75 Å². The summed E-state index contributed by atoms with van der Waals surface area (Å²) < 4.78 is 5.36. The fourth-order valence-corrected chi connectivity index (χ4v) is 4.22. The number of imide groups is 1. The number of rotatable bonds is 5. The van der Waals surface area contributed by atoms with Crippen molar-refractivity contribution in [3.05, 3.63) is 80.6 Å². The number of benzene rings is 2. The van der Waals surface area contributed by atoms with Gasteiger partial charge in [-0.3, -0.25) is 9.59 Å². The highest BCUT2D eigenvalue weighted by molar-refractivity contribution is 7.11. The topological polar surface area (TPSA) is 58.6 Å². The molecule has 4 rings (SSSR count). The number of hydrogen-bond donors (Lipinski definition) is 1. The third kappa shape index (κ3) is 3.51. The highest BCUT2D eigenvalue weighted by Crippen LogP contribution is 2.39. The van der Waals surface area contributed by atoms with Gasteiger partial charge in [0.1, 0.15) is 11.4 Å². The minimum Gasteiger partial charge on any atom is -0.495 e. The fraction of sp³-hybridized carbons (Fsp3) is 0.0476. The van der Waals surface area contributed by atoms with Gasteiger partial charge in [0.2, 0.25) is 0 Å². The van der Waals surface area contributed by atoms with E-state index in [-0.39, 0.29) is 11.3 Å². The van der Waals surface area contributed by atoms with Crippen LogP contribution in [0.15, 0.2) is 65.7 Å². The van der Waals surface area contributed by atoms with E-state index in [4.69, 9.17) is 27.9 Å². The second kappa shape index (κ2) is 7.91. The molecule has 1 N–H and O–H groups in total. The Hall–Kier alpha value is -2.80. The van der Waals surface area contributed by atoms with Gasteiger partial charge in [0.05, 0.1) is 29.1 Å². The number of thiophene rings is 1. The van der Waals surface area contributed by atoms with Gasteiger partial charge in [0.15, 0.2) is 0 Å². The van der Waals surface area contributed by atoms with Crippen LogP contribution in [0.2, 0.25) is 10.0 Å². The molecular formula is C21H14Cl2N2O3S. The van der Waals surface area contributed by atoms with Crippen molar-refractivity contribution >= 4 is 63.3 Å². The van der Waals surface area contributed by atoms with E-state index in [9.17, 15) is 9.59 Å². The minimum absolute atomic E-state index is 0.137. The molecule has 0 fully saturated rings. The number of anilines is 2. The Morgan fingerprint density at radius 2 is 1.79 bits per heavy atom. The number of amides is 2. The van der Waals surface area contributed by atoms with E-state index >= 15 is 0 Å². The molecule has 8 heteroatoms. The number of methoxy groups -OCH3 is 1. The number of hydrogen-bond acceptors (Lipinski definition) is 5. The molecule has 29 heavy (non-hydrogen) atoms.